The maximum Gasteiger partial charge on any atom is 0.228 e. The average molecular weight is 1630 g/mol. The van der Waals surface area contributed by atoms with Gasteiger partial charge in [-0.3, -0.25) is 53.3 Å². The maximum atomic E-state index is 12.4. The minimum absolute atomic E-state index is 0.0850. The lowest BCUT2D eigenvalue weighted by Gasteiger charge is -2.43. The summed E-state index contributed by atoms with van der Waals surface area (Å²) in [5, 5.41) is 9.18. The molecule has 6 aromatic rings. The van der Waals surface area contributed by atoms with Gasteiger partial charge in [0.15, 0.2) is 0 Å². The number of para-hydroxylation sites is 1. The van der Waals surface area contributed by atoms with Gasteiger partial charge >= 0.3 is 0 Å². The van der Waals surface area contributed by atoms with Gasteiger partial charge in [-0.15, -0.1) is 0 Å². The molecule has 6 amide bonds. The first-order valence-corrected chi connectivity index (χ1v) is 44.0. The molecule has 19 nitrogen and oxygen atoms in total. The molecule has 654 valence electrons. The molecule has 6 fully saturated rings. The van der Waals surface area contributed by atoms with Crippen LogP contribution in [-0.4, -0.2) is 251 Å². The van der Waals surface area contributed by atoms with Gasteiger partial charge in [0.2, 0.25) is 35.4 Å². The molecule has 0 radical (unpaired) electrons. The zero-order valence-electron chi connectivity index (χ0n) is 77.3. The largest absolute Gasteiger partial charge is 0.392 e. The molecule has 2 atom stereocenters. The normalized spacial score (nSPS) is 18.1. The lowest BCUT2D eigenvalue weighted by Crippen LogP contribution is -2.56. The Labute approximate surface area is 718 Å². The molecule has 6 aliphatic rings. The van der Waals surface area contributed by atoms with Crippen LogP contribution in [0.4, 0.5) is 5.69 Å². The van der Waals surface area contributed by atoms with Crippen molar-refractivity contribution in [2.75, 3.05) is 155 Å². The van der Waals surface area contributed by atoms with Gasteiger partial charge in [-0.05, 0) is 73.2 Å². The Morgan fingerprint density at radius 3 is 0.908 bits per heavy atom. The third-order valence-electron chi connectivity index (χ3n) is 22.8. The molecule has 0 spiro atoms. The van der Waals surface area contributed by atoms with Crippen LogP contribution >= 0.6 is 0 Å². The Morgan fingerprint density at radius 2 is 0.597 bits per heavy atom. The highest BCUT2D eigenvalue weighted by Gasteiger charge is 2.37. The highest BCUT2D eigenvalue weighted by atomic mass is 16.3. The summed E-state index contributed by atoms with van der Waals surface area (Å²) in [5.41, 5.74) is 9.78. The number of aliphatic hydroxyl groups is 1. The van der Waals surface area contributed by atoms with E-state index in [4.69, 9.17) is 0 Å². The zero-order chi connectivity index (χ0) is 87.6. The van der Waals surface area contributed by atoms with Crippen molar-refractivity contribution in [3.63, 3.8) is 0 Å². The minimum Gasteiger partial charge on any atom is -0.392 e. The van der Waals surface area contributed by atoms with E-state index >= 15 is 0 Å². The van der Waals surface area contributed by atoms with E-state index in [1.807, 2.05) is 184 Å². The van der Waals surface area contributed by atoms with Crippen LogP contribution in [0.3, 0.4) is 0 Å². The number of carbonyl (C=O) groups is 6. The summed E-state index contributed by atoms with van der Waals surface area (Å²) in [6.07, 6.45) is 0. The number of anilines is 1. The fourth-order valence-corrected chi connectivity index (χ4v) is 15.5. The molecular formula is C100H152N12O7. The summed E-state index contributed by atoms with van der Waals surface area (Å²) in [4.78, 5) is 100. The SMILES string of the molecule is CC(C)(C)C(=O)N1CCN(Cc2cccc(CO)c2)CC1.CC(C)(C)C(=O)N1CCN(Cc2ccccc2)CC1.CC(c1ccccc1)N1CCN(C(=O)C(C)(C)C)CC1.CC1CN(c2ccccc2)CCN1C(=O)C(C)(C)C.Cc1ccc(CN2CCN(C(=O)C(C)(C)C)CC2)cc1.Cc1ccc(CN2CCN(C(=O)C(C)(C)C)CC2)cc1. The molecule has 19 heteroatoms. The van der Waals surface area contributed by atoms with Crippen LogP contribution in [0.1, 0.15) is 189 Å². The number of aryl methyl sites for hydroxylation is 2. The van der Waals surface area contributed by atoms with Crippen molar-refractivity contribution in [3.8, 4) is 0 Å². The minimum atomic E-state index is -0.294. The molecule has 6 saturated heterocycles. The van der Waals surface area contributed by atoms with Gasteiger partial charge in [-0.1, -0.05) is 287 Å². The van der Waals surface area contributed by atoms with E-state index in [0.717, 1.165) is 182 Å². The van der Waals surface area contributed by atoms with E-state index in [9.17, 15) is 33.9 Å². The second-order valence-corrected chi connectivity index (χ2v) is 39.8. The van der Waals surface area contributed by atoms with Crippen molar-refractivity contribution in [1.29, 1.82) is 0 Å². The second-order valence-electron chi connectivity index (χ2n) is 39.8. The van der Waals surface area contributed by atoms with E-state index in [1.165, 1.54) is 44.6 Å². The van der Waals surface area contributed by atoms with Crippen LogP contribution in [0, 0.1) is 46.3 Å². The predicted octanol–water partition coefficient (Wildman–Crippen LogP) is 15.3. The van der Waals surface area contributed by atoms with Gasteiger partial charge in [0.25, 0.3) is 0 Å². The lowest BCUT2D eigenvalue weighted by atomic mass is 9.93. The number of hydrogen-bond acceptors (Lipinski definition) is 13. The molecule has 6 heterocycles. The van der Waals surface area contributed by atoms with Gasteiger partial charge in [0.05, 0.1) is 6.61 Å². The Balaban J connectivity index is 0.000000197. The fraction of sp³-hybridized carbons (Fsp3) is 0.580. The Bertz CT molecular complexity index is 3950. The van der Waals surface area contributed by atoms with E-state index in [1.54, 1.807) is 0 Å². The Kier molecular flexibility index (Phi) is 37.0. The molecule has 0 aliphatic carbocycles. The van der Waals surface area contributed by atoms with Gasteiger partial charge in [-0.25, -0.2) is 0 Å². The lowest BCUT2D eigenvalue weighted by molar-refractivity contribution is -0.142. The first-order valence-electron chi connectivity index (χ1n) is 44.0. The summed E-state index contributed by atoms with van der Waals surface area (Å²) in [6.45, 7) is 68.9. The molecule has 6 aromatic carbocycles. The Morgan fingerprint density at radius 1 is 0.319 bits per heavy atom. The molecule has 12 rings (SSSR count). The van der Waals surface area contributed by atoms with Crippen molar-refractivity contribution in [1.82, 2.24) is 53.9 Å². The number of nitrogens with zero attached hydrogens (tertiary/aromatic N) is 12. The van der Waals surface area contributed by atoms with Gasteiger partial charge in [0.1, 0.15) is 0 Å². The molecule has 0 bridgehead atoms. The average Bonchev–Trinajstić information content (AvgIpc) is 0.821. The number of amides is 6. The number of carbonyl (C=O) groups excluding carboxylic acids is 6. The summed E-state index contributed by atoms with van der Waals surface area (Å²) >= 11 is 0. The Hall–Kier alpha value is -8.30. The molecule has 6 aliphatic heterocycles. The van der Waals surface area contributed by atoms with Crippen molar-refractivity contribution < 1.29 is 33.9 Å². The van der Waals surface area contributed by atoms with Crippen LogP contribution in [0.25, 0.3) is 0 Å². The number of hydrogen-bond donors (Lipinski definition) is 1. The smallest absolute Gasteiger partial charge is 0.228 e. The summed E-state index contributed by atoms with van der Waals surface area (Å²) < 4.78 is 0. The third kappa shape index (κ3) is 32.2. The number of aliphatic hydroxyl groups excluding tert-OH is 1. The van der Waals surface area contributed by atoms with Crippen LogP contribution in [-0.2, 0) is 61.6 Å². The molecule has 2 unspecified atom stereocenters. The van der Waals surface area contributed by atoms with E-state index in [2.05, 4.69) is 191 Å². The number of rotatable bonds is 12. The van der Waals surface area contributed by atoms with Gasteiger partial charge in [-0.2, -0.15) is 0 Å². The van der Waals surface area contributed by atoms with E-state index in [0.29, 0.717) is 6.04 Å². The van der Waals surface area contributed by atoms with Crippen LogP contribution in [0.5, 0.6) is 0 Å². The van der Waals surface area contributed by atoms with Crippen LogP contribution in [0.15, 0.2) is 164 Å². The quantitative estimate of drug-likeness (QED) is 0.123. The number of piperazine rings is 6. The topological polar surface area (TPSA) is 162 Å². The highest BCUT2D eigenvalue weighted by Crippen LogP contribution is 2.29. The predicted molar refractivity (Wildman–Crippen MR) is 488 cm³/mol. The van der Waals surface area contributed by atoms with Gasteiger partial charge in [0, 0.05) is 227 Å². The fourth-order valence-electron chi connectivity index (χ4n) is 15.5. The summed E-state index contributed by atoms with van der Waals surface area (Å²) in [6, 6.07) is 57.7. The van der Waals surface area contributed by atoms with Crippen LogP contribution in [0.2, 0.25) is 0 Å². The summed E-state index contributed by atoms with van der Waals surface area (Å²) in [7, 11) is 0. The van der Waals surface area contributed by atoms with E-state index in [-0.39, 0.29) is 80.6 Å². The first kappa shape index (κ1) is 97.8. The monoisotopic (exact) mass is 1630 g/mol. The van der Waals surface area contributed by atoms with Crippen molar-refractivity contribution >= 4 is 41.1 Å². The summed E-state index contributed by atoms with van der Waals surface area (Å²) in [5.74, 6) is 1.58. The maximum absolute atomic E-state index is 12.4. The van der Waals surface area contributed by atoms with E-state index < -0.39 is 0 Å². The van der Waals surface area contributed by atoms with Crippen LogP contribution < -0.4 is 4.90 Å². The zero-order valence-corrected chi connectivity index (χ0v) is 77.3. The molecular weight excluding hydrogens is 1480 g/mol. The number of benzene rings is 6. The molecule has 0 saturated carbocycles. The third-order valence-corrected chi connectivity index (χ3v) is 22.8. The second kappa shape index (κ2) is 45.0. The van der Waals surface area contributed by atoms with Gasteiger partial charge < -0.3 is 39.4 Å². The highest BCUT2D eigenvalue weighted by molar-refractivity contribution is 5.84. The molecule has 0 aromatic heterocycles. The standard InChI is InChI=1S/C17H26N2O2.3C17H26N2O.2C16H24N2O/c1-17(2,3)16(21)19-9-7-18(8-10-19)12-14-5-4-6-15(11-14)13-20;2*1-14-5-7-15(8-6-14)13-18-9-11-19(12-10-18)16(20)17(2,3)4;1-14(15-8-6-5-7-9-15)18-10-12-19(13-11-18)16(20)17(2,3)4;1-13-12-17(14-8-6-5-7-9-14)10-11-18(13)15(19)16(2,3)4;1-16(2,3)15(19)18-11-9-17(10-12-18)13-14-7-5-4-6-8-14/h4-6,11,20H,7-10,12-13H2,1-3H3;2*5-8H,9-13H2,1-4H3;5-9,14H,10-13H2,1-4H3;5-9,13H,10-12H2,1-4H3;4-8H,9-13H2,1-3H3. The van der Waals surface area contributed by atoms with Crippen molar-refractivity contribution in [3.05, 3.63) is 208 Å². The first-order chi connectivity index (χ1) is 55.9. The molecule has 119 heavy (non-hydrogen) atoms. The van der Waals surface area contributed by atoms with Crippen molar-refractivity contribution in [2.24, 2.45) is 32.5 Å². The molecule has 1 N–H and O–H groups in total. The van der Waals surface area contributed by atoms with Crippen molar-refractivity contribution in [2.45, 2.75) is 197 Å².